The van der Waals surface area contributed by atoms with Gasteiger partial charge in [-0.15, -0.1) is 6.58 Å². The van der Waals surface area contributed by atoms with Crippen LogP contribution in [0, 0.1) is 13.8 Å². The Labute approximate surface area is 173 Å². The smallest absolute Gasteiger partial charge is 0.279 e. The van der Waals surface area contributed by atoms with Crippen LogP contribution in [-0.4, -0.2) is 31.8 Å². The molecule has 0 saturated heterocycles. The van der Waals surface area contributed by atoms with Crippen LogP contribution in [0.1, 0.15) is 21.5 Å². The van der Waals surface area contributed by atoms with Crippen molar-refractivity contribution in [1.29, 1.82) is 0 Å². The molecule has 0 unspecified atom stereocenters. The molecule has 0 bridgehead atoms. The van der Waals surface area contributed by atoms with Crippen LogP contribution in [0.15, 0.2) is 41.9 Å². The second-order valence-corrected chi connectivity index (χ2v) is 7.52. The van der Waals surface area contributed by atoms with Crippen LogP contribution >= 0.6 is 11.3 Å². The van der Waals surface area contributed by atoms with Gasteiger partial charge in [-0.05, 0) is 43.2 Å². The van der Waals surface area contributed by atoms with Crippen LogP contribution in [0.25, 0.3) is 10.2 Å². The lowest BCUT2D eigenvalue weighted by Crippen LogP contribution is -2.16. The summed E-state index contributed by atoms with van der Waals surface area (Å²) >= 11 is 1.49. The number of carbonyl (C=O) groups is 1. The van der Waals surface area contributed by atoms with Crippen molar-refractivity contribution in [3.8, 4) is 17.2 Å². The van der Waals surface area contributed by atoms with Crippen molar-refractivity contribution >= 4 is 27.5 Å². The zero-order valence-corrected chi connectivity index (χ0v) is 18.1. The normalized spacial score (nSPS) is 11.6. The van der Waals surface area contributed by atoms with Crippen molar-refractivity contribution in [2.75, 3.05) is 21.3 Å². The quantitative estimate of drug-likeness (QED) is 0.567. The van der Waals surface area contributed by atoms with Crippen LogP contribution in [-0.2, 0) is 6.54 Å². The standard InChI is InChI=1S/C22H24N2O4S/c1-7-8-24-16-10-13(2)9-14(3)20(16)29-22(24)23-21(25)15-11-17(26-4)19(28-6)18(12-15)27-5/h7,9-12H,1,8H2,2-6H3. The van der Waals surface area contributed by atoms with Gasteiger partial charge in [-0.25, -0.2) is 0 Å². The summed E-state index contributed by atoms with van der Waals surface area (Å²) in [5, 5.41) is 0. The fourth-order valence-electron chi connectivity index (χ4n) is 3.26. The minimum atomic E-state index is -0.386. The van der Waals surface area contributed by atoms with Gasteiger partial charge >= 0.3 is 0 Å². The van der Waals surface area contributed by atoms with Gasteiger partial charge in [0.1, 0.15) is 0 Å². The van der Waals surface area contributed by atoms with Crippen molar-refractivity contribution in [3.63, 3.8) is 0 Å². The van der Waals surface area contributed by atoms with Crippen LogP contribution in [0.3, 0.4) is 0 Å². The summed E-state index contributed by atoms with van der Waals surface area (Å²) in [7, 11) is 4.54. The second kappa shape index (κ2) is 8.53. The molecule has 1 aromatic heterocycles. The highest BCUT2D eigenvalue weighted by atomic mass is 32.1. The highest BCUT2D eigenvalue weighted by Gasteiger charge is 2.17. The molecule has 29 heavy (non-hydrogen) atoms. The molecule has 0 aliphatic carbocycles. The first kappa shape index (κ1) is 20.7. The van der Waals surface area contributed by atoms with Crippen LogP contribution in [0.4, 0.5) is 0 Å². The SMILES string of the molecule is C=CCn1c(=NC(=O)c2cc(OC)c(OC)c(OC)c2)sc2c(C)cc(C)cc21. The molecule has 0 fully saturated rings. The zero-order chi connectivity index (χ0) is 21.1. The van der Waals surface area contributed by atoms with Gasteiger partial charge < -0.3 is 18.8 Å². The fraction of sp³-hybridized carbons (Fsp3) is 0.273. The van der Waals surface area contributed by atoms with E-state index < -0.39 is 0 Å². The summed E-state index contributed by atoms with van der Waals surface area (Å²) in [6.07, 6.45) is 1.80. The van der Waals surface area contributed by atoms with Gasteiger partial charge in [0, 0.05) is 12.1 Å². The van der Waals surface area contributed by atoms with Crippen molar-refractivity contribution in [2.45, 2.75) is 20.4 Å². The van der Waals surface area contributed by atoms with E-state index in [-0.39, 0.29) is 5.91 Å². The summed E-state index contributed by atoms with van der Waals surface area (Å²) in [6, 6.07) is 7.44. The Morgan fingerprint density at radius 1 is 1.10 bits per heavy atom. The summed E-state index contributed by atoms with van der Waals surface area (Å²) in [5.41, 5.74) is 3.72. The molecule has 0 N–H and O–H groups in total. The average Bonchev–Trinajstić information content (AvgIpc) is 3.04. The lowest BCUT2D eigenvalue weighted by atomic mass is 10.1. The highest BCUT2D eigenvalue weighted by Crippen LogP contribution is 2.38. The highest BCUT2D eigenvalue weighted by molar-refractivity contribution is 7.16. The molecule has 3 rings (SSSR count). The number of ether oxygens (including phenoxy) is 3. The molecule has 0 saturated carbocycles. The van der Waals surface area contributed by atoms with Gasteiger partial charge in [-0.3, -0.25) is 4.79 Å². The lowest BCUT2D eigenvalue weighted by molar-refractivity contribution is 0.0997. The molecule has 0 spiro atoms. The first-order valence-corrected chi connectivity index (χ1v) is 9.85. The number of amides is 1. The van der Waals surface area contributed by atoms with E-state index in [9.17, 15) is 4.79 Å². The number of thiazole rings is 1. The predicted molar refractivity (Wildman–Crippen MR) is 115 cm³/mol. The van der Waals surface area contributed by atoms with Crippen LogP contribution < -0.4 is 19.0 Å². The maximum Gasteiger partial charge on any atom is 0.279 e. The van der Waals surface area contributed by atoms with Crippen LogP contribution in [0.2, 0.25) is 0 Å². The Morgan fingerprint density at radius 3 is 2.31 bits per heavy atom. The van der Waals surface area contributed by atoms with E-state index in [0.29, 0.717) is 34.2 Å². The molecule has 2 aromatic carbocycles. The molecule has 0 aliphatic heterocycles. The first-order chi connectivity index (χ1) is 13.9. The Kier molecular flexibility index (Phi) is 6.08. The Morgan fingerprint density at radius 2 is 1.76 bits per heavy atom. The topological polar surface area (TPSA) is 62.1 Å². The van der Waals surface area contributed by atoms with E-state index in [1.807, 2.05) is 4.57 Å². The predicted octanol–water partition coefficient (Wildman–Crippen LogP) is 4.27. The molecule has 7 heteroatoms. The number of hydrogen-bond acceptors (Lipinski definition) is 5. The van der Waals surface area contributed by atoms with Crippen molar-refractivity contribution < 1.29 is 19.0 Å². The summed E-state index contributed by atoms with van der Waals surface area (Å²) in [6.45, 7) is 8.52. The number of carbonyl (C=O) groups excluding carboxylic acids is 1. The number of aromatic nitrogens is 1. The number of hydrogen-bond donors (Lipinski definition) is 0. The van der Waals surface area contributed by atoms with E-state index in [1.165, 1.54) is 32.7 Å². The summed E-state index contributed by atoms with van der Waals surface area (Å²) < 4.78 is 19.1. The van der Waals surface area contributed by atoms with Gasteiger partial charge in [0.05, 0.1) is 31.5 Å². The number of nitrogens with zero attached hydrogens (tertiary/aromatic N) is 2. The van der Waals surface area contributed by atoms with Gasteiger partial charge in [-0.1, -0.05) is 23.5 Å². The monoisotopic (exact) mass is 412 g/mol. The van der Waals surface area contributed by atoms with E-state index in [0.717, 1.165) is 21.3 Å². The summed E-state index contributed by atoms with van der Waals surface area (Å²) in [5.74, 6) is 0.864. The Balaban J connectivity index is 2.19. The molecule has 0 atom stereocenters. The minimum absolute atomic E-state index is 0.356. The third kappa shape index (κ3) is 3.91. The third-order valence-corrected chi connectivity index (χ3v) is 5.76. The second-order valence-electron chi connectivity index (χ2n) is 6.54. The lowest BCUT2D eigenvalue weighted by Gasteiger charge is -2.12. The number of rotatable bonds is 6. The first-order valence-electron chi connectivity index (χ1n) is 9.04. The van der Waals surface area contributed by atoms with Gasteiger partial charge in [0.2, 0.25) is 5.75 Å². The number of aryl methyl sites for hydroxylation is 2. The van der Waals surface area contributed by atoms with E-state index in [4.69, 9.17) is 14.2 Å². The molecule has 152 valence electrons. The third-order valence-electron chi connectivity index (χ3n) is 4.53. The van der Waals surface area contributed by atoms with E-state index >= 15 is 0 Å². The zero-order valence-electron chi connectivity index (χ0n) is 17.2. The maximum atomic E-state index is 13.0. The number of benzene rings is 2. The number of methoxy groups -OCH3 is 3. The molecular formula is C22H24N2O4S. The van der Waals surface area contributed by atoms with Gasteiger partial charge in [0.25, 0.3) is 5.91 Å². The van der Waals surface area contributed by atoms with E-state index in [2.05, 4.69) is 37.6 Å². The molecular weight excluding hydrogens is 388 g/mol. The molecule has 6 nitrogen and oxygen atoms in total. The average molecular weight is 413 g/mol. The number of allylic oxidation sites excluding steroid dienone is 1. The number of fused-ring (bicyclic) bond motifs is 1. The Hall–Kier alpha value is -3.06. The largest absolute Gasteiger partial charge is 0.493 e. The van der Waals surface area contributed by atoms with Crippen LogP contribution in [0.5, 0.6) is 17.2 Å². The van der Waals surface area contributed by atoms with Crippen molar-refractivity contribution in [1.82, 2.24) is 4.57 Å². The minimum Gasteiger partial charge on any atom is -0.493 e. The van der Waals surface area contributed by atoms with Gasteiger partial charge in [-0.2, -0.15) is 4.99 Å². The molecule has 1 amide bonds. The summed E-state index contributed by atoms with van der Waals surface area (Å²) in [4.78, 5) is 18.0. The molecule has 0 aliphatic rings. The van der Waals surface area contributed by atoms with Crippen molar-refractivity contribution in [3.05, 3.63) is 58.4 Å². The van der Waals surface area contributed by atoms with Crippen molar-refractivity contribution in [2.24, 2.45) is 4.99 Å². The molecule has 1 heterocycles. The molecule has 0 radical (unpaired) electrons. The fourth-order valence-corrected chi connectivity index (χ4v) is 4.35. The van der Waals surface area contributed by atoms with Gasteiger partial charge in [0.15, 0.2) is 16.3 Å². The maximum absolute atomic E-state index is 13.0. The molecule has 3 aromatic rings. The Bertz CT molecular complexity index is 1130. The van der Waals surface area contributed by atoms with E-state index in [1.54, 1.807) is 18.2 Å².